The SMILES string of the molecule is COc1ccc(O[C@@H]2O[C@H](CO[C@]3(C(=O)O)C[C@H](O)[C@@H](NC(=O)CO)[C@H]([C@H](O)[C@H](O)CNC(=O)c4ccc(-c5cccc(C(=O)O)c5)cc4)O3)[C@H](O)[C@H](O)[C@H]2O)cc1. The highest BCUT2D eigenvalue weighted by atomic mass is 16.7. The molecule has 11 N–H and O–H groups in total. The first-order valence-electron chi connectivity index (χ1n) is 17.8. The van der Waals surface area contributed by atoms with E-state index in [0.717, 1.165) is 0 Å². The van der Waals surface area contributed by atoms with Crippen molar-refractivity contribution in [3.05, 3.63) is 83.9 Å². The average Bonchev–Trinajstić information content (AvgIpc) is 3.23. The molecule has 314 valence electrons. The standard InChI is InChI=1S/C38H44N2O18/c1-54-22-9-11-23(12-10-22)56-36-32(48)31(47)30(46)26(57-36)17-55-38(37(52)53)14-24(42)28(40-27(44)16-41)33(58-38)29(45)25(43)15-39-34(49)19-7-5-18(6-8-19)20-3-2-4-21(13-20)35(50)51/h2-13,24-26,28-33,36,41-43,45-48H,14-17H2,1H3,(H,39,49)(H,40,44)(H,50,51)(H,52,53)/t24-,25+,26+,28+,29+,30-,31-,32+,33+,36+,38+/m0/s1. The van der Waals surface area contributed by atoms with Crippen molar-refractivity contribution in [1.82, 2.24) is 10.6 Å². The fourth-order valence-electron chi connectivity index (χ4n) is 6.39. The number of benzene rings is 3. The molecule has 2 aliphatic rings. The average molecular weight is 817 g/mol. The molecule has 58 heavy (non-hydrogen) atoms. The van der Waals surface area contributed by atoms with Gasteiger partial charge in [-0.1, -0.05) is 24.3 Å². The molecule has 0 spiro atoms. The lowest BCUT2D eigenvalue weighted by molar-refractivity contribution is -0.331. The molecule has 2 heterocycles. The van der Waals surface area contributed by atoms with E-state index in [1.165, 1.54) is 55.6 Å². The molecule has 3 aromatic rings. The molecule has 0 aromatic heterocycles. The van der Waals surface area contributed by atoms with Gasteiger partial charge in [0.2, 0.25) is 12.2 Å². The molecule has 2 aliphatic heterocycles. The smallest absolute Gasteiger partial charge is 0.364 e. The maximum absolute atomic E-state index is 13.0. The number of aromatic carboxylic acids is 1. The molecule has 2 fully saturated rings. The van der Waals surface area contributed by atoms with Gasteiger partial charge in [0, 0.05) is 18.5 Å². The van der Waals surface area contributed by atoms with E-state index in [9.17, 15) is 65.1 Å². The maximum Gasteiger partial charge on any atom is 0.364 e. The summed E-state index contributed by atoms with van der Waals surface area (Å²) >= 11 is 0. The number of carbonyl (C=O) groups is 4. The molecule has 0 radical (unpaired) electrons. The van der Waals surface area contributed by atoms with Gasteiger partial charge in [-0.25, -0.2) is 9.59 Å². The molecule has 20 nitrogen and oxygen atoms in total. The molecular formula is C38H44N2O18. The summed E-state index contributed by atoms with van der Waals surface area (Å²) in [6.07, 6.45) is -17.6. The lowest BCUT2D eigenvalue weighted by Crippen LogP contribution is -2.69. The Kier molecular flexibility index (Phi) is 14.4. The Morgan fingerprint density at radius 2 is 1.53 bits per heavy atom. The minimum atomic E-state index is -2.86. The largest absolute Gasteiger partial charge is 0.497 e. The van der Waals surface area contributed by atoms with Gasteiger partial charge in [-0.05, 0) is 59.7 Å². The molecular weight excluding hydrogens is 772 g/mol. The third kappa shape index (κ3) is 10.1. The van der Waals surface area contributed by atoms with Gasteiger partial charge in [0.05, 0.1) is 37.5 Å². The van der Waals surface area contributed by atoms with Crippen LogP contribution in [0.2, 0.25) is 0 Å². The van der Waals surface area contributed by atoms with Crippen LogP contribution in [0, 0.1) is 0 Å². The first-order chi connectivity index (χ1) is 27.6. The summed E-state index contributed by atoms with van der Waals surface area (Å²) in [7, 11) is 1.44. The first kappa shape index (κ1) is 43.9. The molecule has 5 rings (SSSR count). The highest BCUT2D eigenvalue weighted by Gasteiger charge is 2.57. The first-order valence-corrected chi connectivity index (χ1v) is 17.8. The molecule has 20 heteroatoms. The number of hydrogen-bond acceptors (Lipinski definition) is 16. The minimum Gasteiger partial charge on any atom is -0.497 e. The van der Waals surface area contributed by atoms with Gasteiger partial charge < -0.3 is 80.3 Å². The van der Waals surface area contributed by atoms with Gasteiger partial charge in [-0.15, -0.1) is 0 Å². The number of hydrogen-bond donors (Lipinski definition) is 11. The van der Waals surface area contributed by atoms with E-state index >= 15 is 0 Å². The Labute approximate surface area is 329 Å². The number of aliphatic hydroxyl groups is 7. The van der Waals surface area contributed by atoms with Crippen LogP contribution in [-0.4, -0.2) is 164 Å². The van der Waals surface area contributed by atoms with Gasteiger partial charge in [-0.3, -0.25) is 9.59 Å². The summed E-state index contributed by atoms with van der Waals surface area (Å²) in [5.74, 6) is -6.99. The third-order valence-corrected chi connectivity index (χ3v) is 9.62. The minimum absolute atomic E-state index is 0.0641. The van der Waals surface area contributed by atoms with Crippen LogP contribution in [0.15, 0.2) is 72.8 Å². The molecule has 2 saturated heterocycles. The van der Waals surface area contributed by atoms with E-state index < -0.39 is 117 Å². The lowest BCUT2D eigenvalue weighted by atomic mass is 9.88. The van der Waals surface area contributed by atoms with Crippen molar-refractivity contribution in [3.8, 4) is 22.6 Å². The Morgan fingerprint density at radius 3 is 2.16 bits per heavy atom. The fourth-order valence-corrected chi connectivity index (χ4v) is 6.39. The third-order valence-electron chi connectivity index (χ3n) is 9.62. The van der Waals surface area contributed by atoms with Crippen molar-refractivity contribution in [2.24, 2.45) is 0 Å². The van der Waals surface area contributed by atoms with Crippen molar-refractivity contribution < 1.29 is 88.8 Å². The van der Waals surface area contributed by atoms with E-state index in [2.05, 4.69) is 10.6 Å². The van der Waals surface area contributed by atoms with E-state index in [0.29, 0.717) is 16.9 Å². The topological polar surface area (TPSA) is 321 Å². The second-order valence-electron chi connectivity index (χ2n) is 13.5. The Bertz CT molecular complexity index is 1900. The zero-order chi connectivity index (χ0) is 42.3. The number of carboxylic acid groups (broad SMARTS) is 2. The van der Waals surface area contributed by atoms with Crippen LogP contribution in [0.4, 0.5) is 0 Å². The summed E-state index contributed by atoms with van der Waals surface area (Å²) in [5, 5.41) is 98.8. The van der Waals surface area contributed by atoms with Crippen molar-refractivity contribution in [2.75, 3.05) is 26.9 Å². The second-order valence-corrected chi connectivity index (χ2v) is 13.5. The van der Waals surface area contributed by atoms with Crippen molar-refractivity contribution in [2.45, 2.75) is 73.4 Å². The number of methoxy groups -OCH3 is 1. The fraction of sp³-hybridized carbons (Fsp3) is 0.421. The number of rotatable bonds is 16. The predicted octanol–water partition coefficient (Wildman–Crippen LogP) is -2.18. The van der Waals surface area contributed by atoms with Crippen molar-refractivity contribution in [3.63, 3.8) is 0 Å². The van der Waals surface area contributed by atoms with E-state index in [4.69, 9.17) is 23.7 Å². The summed E-state index contributed by atoms with van der Waals surface area (Å²) in [5.41, 5.74) is 1.35. The number of nitrogens with one attached hydrogen (secondary N) is 2. The molecule has 0 aliphatic carbocycles. The molecule has 3 aromatic carbocycles. The predicted molar refractivity (Wildman–Crippen MR) is 194 cm³/mol. The van der Waals surface area contributed by atoms with E-state index in [1.54, 1.807) is 24.3 Å². The highest BCUT2D eigenvalue weighted by Crippen LogP contribution is 2.35. The van der Waals surface area contributed by atoms with Gasteiger partial charge in [0.15, 0.2) is 0 Å². The van der Waals surface area contributed by atoms with Crippen LogP contribution in [0.3, 0.4) is 0 Å². The number of amides is 2. The molecule has 0 bridgehead atoms. The monoisotopic (exact) mass is 816 g/mol. The zero-order valence-corrected chi connectivity index (χ0v) is 30.7. The van der Waals surface area contributed by atoms with Crippen molar-refractivity contribution >= 4 is 23.8 Å². The lowest BCUT2D eigenvalue weighted by Gasteiger charge is -2.47. The molecule has 2 amide bonds. The zero-order valence-electron chi connectivity index (χ0n) is 30.7. The van der Waals surface area contributed by atoms with Crippen LogP contribution in [0.5, 0.6) is 11.5 Å². The number of aliphatic carboxylic acids is 1. The second kappa shape index (κ2) is 19.0. The Morgan fingerprint density at radius 1 is 0.862 bits per heavy atom. The van der Waals surface area contributed by atoms with Gasteiger partial charge in [0.1, 0.15) is 54.7 Å². The number of ether oxygens (including phenoxy) is 5. The van der Waals surface area contributed by atoms with Gasteiger partial charge in [0.25, 0.3) is 11.7 Å². The number of carboxylic acids is 2. The van der Waals surface area contributed by atoms with Gasteiger partial charge in [-0.2, -0.15) is 0 Å². The quantitative estimate of drug-likeness (QED) is 0.0732. The number of carbonyl (C=O) groups excluding carboxylic acids is 2. The van der Waals surface area contributed by atoms with E-state index in [1.807, 2.05) is 0 Å². The molecule has 11 atom stereocenters. The highest BCUT2D eigenvalue weighted by molar-refractivity contribution is 5.95. The van der Waals surface area contributed by atoms with Crippen LogP contribution in [-0.2, 0) is 23.8 Å². The van der Waals surface area contributed by atoms with Crippen LogP contribution >= 0.6 is 0 Å². The Balaban J connectivity index is 1.28. The number of aliphatic hydroxyl groups excluding tert-OH is 7. The normalized spacial score (nSPS) is 28.1. The maximum atomic E-state index is 13.0. The van der Waals surface area contributed by atoms with Crippen LogP contribution in [0.1, 0.15) is 27.1 Å². The van der Waals surface area contributed by atoms with E-state index in [-0.39, 0.29) is 16.9 Å². The van der Waals surface area contributed by atoms with Crippen molar-refractivity contribution in [1.29, 1.82) is 0 Å². The Hall–Kier alpha value is -5.26. The van der Waals surface area contributed by atoms with Crippen LogP contribution in [0.25, 0.3) is 11.1 Å². The summed E-state index contributed by atoms with van der Waals surface area (Å²) in [4.78, 5) is 49.3. The van der Waals surface area contributed by atoms with Gasteiger partial charge >= 0.3 is 11.9 Å². The van der Waals surface area contributed by atoms with Crippen LogP contribution < -0.4 is 20.1 Å². The summed E-state index contributed by atoms with van der Waals surface area (Å²) in [6, 6.07) is 16.5. The summed E-state index contributed by atoms with van der Waals surface area (Å²) in [6.45, 7) is -2.64. The summed E-state index contributed by atoms with van der Waals surface area (Å²) < 4.78 is 27.6. The molecule has 0 saturated carbocycles. The molecule has 0 unspecified atom stereocenters.